The highest BCUT2D eigenvalue weighted by atomic mass is 15.3. The molecule has 2 rings (SSSR count). The van der Waals surface area contributed by atoms with Crippen molar-refractivity contribution in [1.82, 2.24) is 14.6 Å². The Morgan fingerprint density at radius 1 is 1.31 bits per heavy atom. The molecule has 0 radical (unpaired) electrons. The Morgan fingerprint density at radius 2 is 2.08 bits per heavy atom. The lowest BCUT2D eigenvalue weighted by molar-refractivity contribution is 0.936. The molecule has 3 nitrogen and oxygen atoms in total. The van der Waals surface area contributed by atoms with E-state index in [4.69, 9.17) is 0 Å². The van der Waals surface area contributed by atoms with E-state index in [0.717, 1.165) is 12.1 Å². The van der Waals surface area contributed by atoms with Gasteiger partial charge >= 0.3 is 0 Å². The van der Waals surface area contributed by atoms with Gasteiger partial charge in [-0.15, -0.1) is 0 Å². The van der Waals surface area contributed by atoms with E-state index in [1.54, 1.807) is 10.8 Å². The van der Waals surface area contributed by atoms with E-state index >= 15 is 0 Å². The third-order valence-electron chi connectivity index (χ3n) is 1.74. The molecule has 0 aliphatic heterocycles. The fourth-order valence-corrected chi connectivity index (χ4v) is 1.07. The first-order valence-electron chi connectivity index (χ1n) is 4.68. The zero-order valence-electron chi connectivity index (χ0n) is 8.36. The fraction of sp³-hybridized carbons (Fsp3) is 0.400. The first-order valence-corrected chi connectivity index (χ1v) is 4.68. The second kappa shape index (κ2) is 4.60. The summed E-state index contributed by atoms with van der Waals surface area (Å²) in [7, 11) is 0. The lowest BCUT2D eigenvalue weighted by Gasteiger charge is -1.95. The number of hydrogen-bond donors (Lipinski definition) is 0. The number of fused-ring (bicyclic) bond motifs is 1. The summed E-state index contributed by atoms with van der Waals surface area (Å²) in [6.45, 7) is 6.12. The van der Waals surface area contributed by atoms with E-state index in [1.165, 1.54) is 5.56 Å². The second-order valence-corrected chi connectivity index (χ2v) is 2.45. The summed E-state index contributed by atoms with van der Waals surface area (Å²) >= 11 is 0. The van der Waals surface area contributed by atoms with Crippen LogP contribution in [0.3, 0.4) is 0 Å². The van der Waals surface area contributed by atoms with Gasteiger partial charge in [0, 0.05) is 6.20 Å². The van der Waals surface area contributed by atoms with Crippen LogP contribution < -0.4 is 0 Å². The number of rotatable bonds is 1. The molecular formula is C10H15N3. The van der Waals surface area contributed by atoms with Gasteiger partial charge in [-0.1, -0.05) is 26.8 Å². The average molecular weight is 177 g/mol. The van der Waals surface area contributed by atoms with Crippen LogP contribution in [0.1, 0.15) is 26.3 Å². The summed E-state index contributed by atoms with van der Waals surface area (Å²) in [5.41, 5.74) is 2.19. The zero-order chi connectivity index (χ0) is 9.68. The van der Waals surface area contributed by atoms with Crippen molar-refractivity contribution in [2.75, 3.05) is 0 Å². The summed E-state index contributed by atoms with van der Waals surface area (Å²) in [6, 6.07) is 4.05. The molecule has 0 bridgehead atoms. The van der Waals surface area contributed by atoms with Crippen LogP contribution in [0.5, 0.6) is 0 Å². The number of aromatic nitrogens is 3. The van der Waals surface area contributed by atoms with E-state index in [9.17, 15) is 0 Å². The Kier molecular flexibility index (Phi) is 3.43. The van der Waals surface area contributed by atoms with Gasteiger partial charge in [0.25, 0.3) is 0 Å². The molecule has 0 aromatic carbocycles. The normalized spacial score (nSPS) is 9.46. The fourth-order valence-electron chi connectivity index (χ4n) is 1.07. The molecule has 0 spiro atoms. The Morgan fingerprint density at radius 3 is 2.77 bits per heavy atom. The van der Waals surface area contributed by atoms with Crippen LogP contribution in [-0.2, 0) is 6.42 Å². The van der Waals surface area contributed by atoms with Crippen molar-refractivity contribution in [2.45, 2.75) is 27.2 Å². The van der Waals surface area contributed by atoms with Gasteiger partial charge in [-0.3, -0.25) is 0 Å². The molecule has 3 heteroatoms. The Balaban J connectivity index is 0.000000396. The van der Waals surface area contributed by atoms with Crippen molar-refractivity contribution in [3.63, 3.8) is 0 Å². The molecule has 70 valence electrons. The molecule has 0 saturated heterocycles. The molecule has 0 saturated carbocycles. The van der Waals surface area contributed by atoms with Gasteiger partial charge in [0.1, 0.15) is 6.33 Å². The maximum absolute atomic E-state index is 4.05. The summed E-state index contributed by atoms with van der Waals surface area (Å²) < 4.78 is 1.79. The average Bonchev–Trinajstić information content (AvgIpc) is 2.67. The van der Waals surface area contributed by atoms with Crippen LogP contribution >= 0.6 is 0 Å². The highest BCUT2D eigenvalue weighted by Crippen LogP contribution is 2.02. The van der Waals surface area contributed by atoms with Crippen LogP contribution in [0.25, 0.3) is 5.65 Å². The van der Waals surface area contributed by atoms with E-state index in [0.29, 0.717) is 0 Å². The van der Waals surface area contributed by atoms with Gasteiger partial charge in [0.15, 0.2) is 5.65 Å². The van der Waals surface area contributed by atoms with Crippen molar-refractivity contribution < 1.29 is 0 Å². The molecule has 2 aromatic rings. The molecule has 2 heterocycles. The highest BCUT2D eigenvalue weighted by Gasteiger charge is 1.93. The van der Waals surface area contributed by atoms with E-state index in [1.807, 2.05) is 26.1 Å². The van der Waals surface area contributed by atoms with Gasteiger partial charge in [0.05, 0.1) is 0 Å². The molecule has 0 fully saturated rings. The topological polar surface area (TPSA) is 30.2 Å². The number of hydrogen-bond acceptors (Lipinski definition) is 2. The van der Waals surface area contributed by atoms with Crippen LogP contribution in [0, 0.1) is 0 Å². The molecular weight excluding hydrogens is 162 g/mol. The lowest BCUT2D eigenvalue weighted by Crippen LogP contribution is -1.89. The molecule has 13 heavy (non-hydrogen) atoms. The van der Waals surface area contributed by atoms with Crippen LogP contribution in [0.15, 0.2) is 24.7 Å². The monoisotopic (exact) mass is 177 g/mol. The summed E-state index contributed by atoms with van der Waals surface area (Å²) in [6.07, 6.45) is 4.60. The maximum atomic E-state index is 4.05. The third-order valence-corrected chi connectivity index (χ3v) is 1.74. The van der Waals surface area contributed by atoms with Crippen molar-refractivity contribution in [3.05, 3.63) is 30.2 Å². The van der Waals surface area contributed by atoms with Crippen molar-refractivity contribution >= 4 is 5.65 Å². The standard InChI is InChI=1S/C8H9N3.C2H6/c1-2-7-3-4-8-9-6-10-11(8)5-7;1-2/h3-6H,2H2,1H3;1-2H3. The van der Waals surface area contributed by atoms with Crippen LogP contribution in [0.4, 0.5) is 0 Å². The summed E-state index contributed by atoms with van der Waals surface area (Å²) in [5, 5.41) is 4.03. The van der Waals surface area contributed by atoms with Crippen LogP contribution in [-0.4, -0.2) is 14.6 Å². The molecule has 0 amide bonds. The summed E-state index contributed by atoms with van der Waals surface area (Å²) in [4.78, 5) is 4.05. The minimum atomic E-state index is 0.905. The molecule has 0 N–H and O–H groups in total. The van der Waals surface area contributed by atoms with Gasteiger partial charge in [-0.2, -0.15) is 5.10 Å². The van der Waals surface area contributed by atoms with Crippen LogP contribution in [0.2, 0.25) is 0 Å². The molecule has 0 aliphatic rings. The SMILES string of the molecule is CC.CCc1ccc2ncnn2c1. The Hall–Kier alpha value is -1.38. The minimum absolute atomic E-state index is 0.905. The smallest absolute Gasteiger partial charge is 0.155 e. The van der Waals surface area contributed by atoms with Gasteiger partial charge in [-0.25, -0.2) is 9.50 Å². The molecule has 0 unspecified atom stereocenters. The van der Waals surface area contributed by atoms with Crippen molar-refractivity contribution in [1.29, 1.82) is 0 Å². The molecule has 2 aromatic heterocycles. The van der Waals surface area contributed by atoms with E-state index in [2.05, 4.69) is 23.1 Å². The molecule has 0 aliphatic carbocycles. The first kappa shape index (κ1) is 9.71. The predicted molar refractivity (Wildman–Crippen MR) is 53.7 cm³/mol. The third kappa shape index (κ3) is 2.05. The van der Waals surface area contributed by atoms with Gasteiger partial charge in [0.2, 0.25) is 0 Å². The number of pyridine rings is 1. The van der Waals surface area contributed by atoms with E-state index < -0.39 is 0 Å². The second-order valence-electron chi connectivity index (χ2n) is 2.45. The number of nitrogens with zero attached hydrogens (tertiary/aromatic N) is 3. The quantitative estimate of drug-likeness (QED) is 0.669. The Labute approximate surface area is 78.4 Å². The van der Waals surface area contributed by atoms with Gasteiger partial charge in [-0.05, 0) is 18.1 Å². The van der Waals surface area contributed by atoms with Gasteiger partial charge < -0.3 is 0 Å². The molecule has 0 atom stereocenters. The largest absolute Gasteiger partial charge is 0.221 e. The lowest BCUT2D eigenvalue weighted by atomic mass is 10.2. The first-order chi connectivity index (χ1) is 6.40. The summed E-state index contributed by atoms with van der Waals surface area (Å²) in [5.74, 6) is 0. The Bertz CT molecular complexity index is 365. The maximum Gasteiger partial charge on any atom is 0.155 e. The predicted octanol–water partition coefficient (Wildman–Crippen LogP) is 2.32. The highest BCUT2D eigenvalue weighted by molar-refractivity contribution is 5.37. The van der Waals surface area contributed by atoms with E-state index in [-0.39, 0.29) is 0 Å². The van der Waals surface area contributed by atoms with Crippen molar-refractivity contribution in [3.8, 4) is 0 Å². The van der Waals surface area contributed by atoms with Crippen molar-refractivity contribution in [2.24, 2.45) is 0 Å². The minimum Gasteiger partial charge on any atom is -0.221 e. The zero-order valence-corrected chi connectivity index (χ0v) is 8.36. The number of aryl methyl sites for hydroxylation is 1.